The molecular weight excluding hydrogens is 294 g/mol. The molecule has 0 spiro atoms. The van der Waals surface area contributed by atoms with Crippen LogP contribution in [-0.4, -0.2) is 21.4 Å². The molecule has 0 fully saturated rings. The van der Waals surface area contributed by atoms with Crippen molar-refractivity contribution < 1.29 is 10.0 Å². The SMILES string of the molecule is CC(O)C(C)Sc1ccc(Br)cc1[N+](=O)[O-]. The molecule has 0 aliphatic heterocycles. The van der Waals surface area contributed by atoms with Crippen LogP contribution >= 0.6 is 27.7 Å². The van der Waals surface area contributed by atoms with E-state index in [1.54, 1.807) is 19.1 Å². The molecule has 0 radical (unpaired) electrons. The van der Waals surface area contributed by atoms with E-state index in [4.69, 9.17) is 0 Å². The van der Waals surface area contributed by atoms with Crippen LogP contribution in [0.15, 0.2) is 27.6 Å². The Morgan fingerprint density at radius 2 is 2.12 bits per heavy atom. The first kappa shape index (κ1) is 13.5. The Bertz CT molecular complexity index is 398. The average molecular weight is 306 g/mol. The summed E-state index contributed by atoms with van der Waals surface area (Å²) in [6.07, 6.45) is -0.506. The molecule has 88 valence electrons. The summed E-state index contributed by atoms with van der Waals surface area (Å²) in [5.74, 6) is 0. The van der Waals surface area contributed by atoms with E-state index in [2.05, 4.69) is 15.9 Å². The lowest BCUT2D eigenvalue weighted by Gasteiger charge is -2.13. The number of hydrogen-bond acceptors (Lipinski definition) is 4. The largest absolute Gasteiger partial charge is 0.392 e. The van der Waals surface area contributed by atoms with E-state index in [0.29, 0.717) is 9.37 Å². The molecule has 1 rings (SSSR count). The number of benzene rings is 1. The Kier molecular flexibility index (Phi) is 4.76. The van der Waals surface area contributed by atoms with Crippen LogP contribution in [0.4, 0.5) is 5.69 Å². The van der Waals surface area contributed by atoms with Gasteiger partial charge < -0.3 is 5.11 Å². The number of nitro benzene ring substituents is 1. The Labute approximate surface area is 106 Å². The first-order valence-corrected chi connectivity index (χ1v) is 6.37. The van der Waals surface area contributed by atoms with Crippen molar-refractivity contribution in [3.05, 3.63) is 32.8 Å². The zero-order chi connectivity index (χ0) is 12.3. The molecule has 2 atom stereocenters. The van der Waals surface area contributed by atoms with Gasteiger partial charge in [0.1, 0.15) is 0 Å². The fourth-order valence-electron chi connectivity index (χ4n) is 1.03. The highest BCUT2D eigenvalue weighted by Gasteiger charge is 2.19. The summed E-state index contributed by atoms with van der Waals surface area (Å²) in [5.41, 5.74) is 0.0619. The van der Waals surface area contributed by atoms with Crippen LogP contribution in [0.3, 0.4) is 0 Å². The molecular formula is C10H12BrNO3S. The van der Waals surface area contributed by atoms with Gasteiger partial charge in [0.05, 0.1) is 15.9 Å². The van der Waals surface area contributed by atoms with Gasteiger partial charge in [-0.15, -0.1) is 11.8 Å². The molecule has 0 aliphatic rings. The number of rotatable bonds is 4. The molecule has 0 amide bonds. The Hall–Kier alpha value is -0.590. The summed E-state index contributed by atoms with van der Waals surface area (Å²) in [5, 5.41) is 20.1. The molecule has 0 aliphatic carbocycles. The second-order valence-corrected chi connectivity index (χ2v) is 5.77. The van der Waals surface area contributed by atoms with Gasteiger partial charge in [-0.1, -0.05) is 22.9 Å². The van der Waals surface area contributed by atoms with Crippen molar-refractivity contribution in [2.75, 3.05) is 0 Å². The van der Waals surface area contributed by atoms with Crippen molar-refractivity contribution in [2.24, 2.45) is 0 Å². The third-order valence-electron chi connectivity index (χ3n) is 2.11. The maximum Gasteiger partial charge on any atom is 0.284 e. The van der Waals surface area contributed by atoms with E-state index < -0.39 is 11.0 Å². The predicted molar refractivity (Wildman–Crippen MR) is 67.8 cm³/mol. The maximum atomic E-state index is 10.8. The van der Waals surface area contributed by atoms with Crippen molar-refractivity contribution in [1.82, 2.24) is 0 Å². The summed E-state index contributed by atoms with van der Waals surface area (Å²) >= 11 is 4.50. The number of aliphatic hydroxyl groups excluding tert-OH is 1. The number of thioether (sulfide) groups is 1. The second-order valence-electron chi connectivity index (χ2n) is 3.43. The first-order chi connectivity index (χ1) is 7.41. The van der Waals surface area contributed by atoms with Gasteiger partial charge in [0.2, 0.25) is 0 Å². The summed E-state index contributed by atoms with van der Waals surface area (Å²) in [7, 11) is 0. The van der Waals surface area contributed by atoms with Gasteiger partial charge >= 0.3 is 0 Å². The minimum Gasteiger partial charge on any atom is -0.392 e. The quantitative estimate of drug-likeness (QED) is 0.527. The predicted octanol–water partition coefficient (Wildman–Crippen LogP) is 3.22. The van der Waals surface area contributed by atoms with Gasteiger partial charge in [-0.3, -0.25) is 10.1 Å². The monoisotopic (exact) mass is 305 g/mol. The normalized spacial score (nSPS) is 14.5. The Morgan fingerprint density at radius 3 is 2.62 bits per heavy atom. The molecule has 16 heavy (non-hydrogen) atoms. The lowest BCUT2D eigenvalue weighted by molar-refractivity contribution is -0.387. The number of hydrogen-bond donors (Lipinski definition) is 1. The fourth-order valence-corrected chi connectivity index (χ4v) is 2.38. The molecule has 0 heterocycles. The van der Waals surface area contributed by atoms with E-state index in [1.165, 1.54) is 17.8 Å². The highest BCUT2D eigenvalue weighted by Crippen LogP contribution is 2.34. The van der Waals surface area contributed by atoms with Crippen LogP contribution in [0.2, 0.25) is 0 Å². The molecule has 2 unspecified atom stereocenters. The zero-order valence-corrected chi connectivity index (χ0v) is 11.3. The van der Waals surface area contributed by atoms with E-state index in [9.17, 15) is 15.2 Å². The van der Waals surface area contributed by atoms with Gasteiger partial charge in [-0.2, -0.15) is 0 Å². The summed E-state index contributed by atoms with van der Waals surface area (Å²) in [6.45, 7) is 3.50. The fraction of sp³-hybridized carbons (Fsp3) is 0.400. The summed E-state index contributed by atoms with van der Waals surface area (Å²) < 4.78 is 0.674. The van der Waals surface area contributed by atoms with Crippen molar-refractivity contribution in [3.63, 3.8) is 0 Å². The van der Waals surface area contributed by atoms with Crippen molar-refractivity contribution in [3.8, 4) is 0 Å². The number of halogens is 1. The van der Waals surface area contributed by atoms with E-state index >= 15 is 0 Å². The van der Waals surface area contributed by atoms with Crippen molar-refractivity contribution >= 4 is 33.4 Å². The molecule has 6 heteroatoms. The Balaban J connectivity index is 2.99. The molecule has 1 aromatic carbocycles. The van der Waals surface area contributed by atoms with Gasteiger partial charge in [-0.05, 0) is 19.1 Å². The van der Waals surface area contributed by atoms with E-state index in [0.717, 1.165) is 0 Å². The Morgan fingerprint density at radius 1 is 1.50 bits per heavy atom. The molecule has 0 bridgehead atoms. The maximum absolute atomic E-state index is 10.8. The van der Waals surface area contributed by atoms with Crippen LogP contribution in [0.1, 0.15) is 13.8 Å². The number of nitro groups is 1. The molecule has 1 aromatic rings. The number of nitrogens with zero attached hydrogens (tertiary/aromatic N) is 1. The highest BCUT2D eigenvalue weighted by atomic mass is 79.9. The van der Waals surface area contributed by atoms with Crippen LogP contribution in [0.25, 0.3) is 0 Å². The van der Waals surface area contributed by atoms with Crippen molar-refractivity contribution in [2.45, 2.75) is 30.1 Å². The van der Waals surface area contributed by atoms with Gasteiger partial charge in [0, 0.05) is 15.8 Å². The summed E-state index contributed by atoms with van der Waals surface area (Å²) in [6, 6.07) is 4.91. The second kappa shape index (κ2) is 5.65. The topological polar surface area (TPSA) is 63.4 Å². The van der Waals surface area contributed by atoms with Gasteiger partial charge in [0.25, 0.3) is 5.69 Å². The lowest BCUT2D eigenvalue weighted by atomic mass is 10.3. The third kappa shape index (κ3) is 3.47. The standard InChI is InChI=1S/C10H12BrNO3S/c1-6(13)7(2)16-10-4-3-8(11)5-9(10)12(14)15/h3-7,13H,1-2H3. The molecule has 0 aromatic heterocycles. The lowest BCUT2D eigenvalue weighted by Crippen LogP contribution is -2.15. The van der Waals surface area contributed by atoms with Crippen LogP contribution in [0.5, 0.6) is 0 Å². The van der Waals surface area contributed by atoms with Crippen LogP contribution < -0.4 is 0 Å². The first-order valence-electron chi connectivity index (χ1n) is 4.70. The van der Waals surface area contributed by atoms with Gasteiger partial charge in [-0.25, -0.2) is 0 Å². The smallest absolute Gasteiger partial charge is 0.284 e. The highest BCUT2D eigenvalue weighted by molar-refractivity contribution is 9.10. The zero-order valence-electron chi connectivity index (χ0n) is 8.88. The average Bonchev–Trinajstić information content (AvgIpc) is 2.20. The molecule has 0 saturated heterocycles. The summed E-state index contributed by atoms with van der Waals surface area (Å²) in [4.78, 5) is 11.0. The molecule has 0 saturated carbocycles. The number of aliphatic hydroxyl groups is 1. The van der Waals surface area contributed by atoms with Crippen LogP contribution in [0, 0.1) is 10.1 Å². The minimum atomic E-state index is -0.506. The molecule has 4 nitrogen and oxygen atoms in total. The van der Waals surface area contributed by atoms with Crippen molar-refractivity contribution in [1.29, 1.82) is 0 Å². The third-order valence-corrected chi connectivity index (χ3v) is 3.97. The van der Waals surface area contributed by atoms with E-state index in [1.807, 2.05) is 6.92 Å². The minimum absolute atomic E-state index is 0.0619. The molecule has 1 N–H and O–H groups in total. The van der Waals surface area contributed by atoms with E-state index in [-0.39, 0.29) is 10.9 Å². The van der Waals surface area contributed by atoms with Gasteiger partial charge in [0.15, 0.2) is 0 Å². The van der Waals surface area contributed by atoms with Crippen LogP contribution in [-0.2, 0) is 0 Å².